The predicted octanol–water partition coefficient (Wildman–Crippen LogP) is 2.26. The summed E-state index contributed by atoms with van der Waals surface area (Å²) in [7, 11) is -3.47. The first-order chi connectivity index (χ1) is 12.9. The second-order valence-corrected chi connectivity index (χ2v) is 8.25. The van der Waals surface area contributed by atoms with Gasteiger partial charge in [-0.2, -0.15) is 4.31 Å². The van der Waals surface area contributed by atoms with Crippen LogP contribution in [0.15, 0.2) is 42.2 Å². The van der Waals surface area contributed by atoms with E-state index in [1.807, 2.05) is 11.0 Å². The third-order valence-electron chi connectivity index (χ3n) is 4.11. The van der Waals surface area contributed by atoms with E-state index in [0.717, 1.165) is 18.2 Å². The Morgan fingerprint density at radius 3 is 2.41 bits per heavy atom. The van der Waals surface area contributed by atoms with Crippen molar-refractivity contribution >= 4 is 27.4 Å². The lowest BCUT2D eigenvalue weighted by Crippen LogP contribution is -2.48. The number of anilines is 1. The summed E-state index contributed by atoms with van der Waals surface area (Å²) >= 11 is 5.84. The Morgan fingerprint density at radius 2 is 1.78 bits per heavy atom. The van der Waals surface area contributed by atoms with Crippen molar-refractivity contribution in [2.45, 2.75) is 12.8 Å². The molecule has 0 bridgehead atoms. The van der Waals surface area contributed by atoms with E-state index < -0.39 is 15.8 Å². The highest BCUT2D eigenvalue weighted by atomic mass is 35.5. The molecule has 1 fully saturated rings. The third-order valence-corrected chi connectivity index (χ3v) is 5.96. The maximum absolute atomic E-state index is 12.8. The second kappa shape index (κ2) is 8.73. The quantitative estimate of drug-likeness (QED) is 0.725. The highest BCUT2D eigenvalue weighted by molar-refractivity contribution is 7.92. The molecule has 3 rings (SSSR count). The van der Waals surface area contributed by atoms with E-state index >= 15 is 0 Å². The first-order valence-electron chi connectivity index (χ1n) is 8.44. The van der Waals surface area contributed by atoms with Crippen LogP contribution >= 0.6 is 11.6 Å². The van der Waals surface area contributed by atoms with E-state index in [1.165, 1.54) is 9.71 Å². The van der Waals surface area contributed by atoms with E-state index in [4.69, 9.17) is 11.6 Å². The van der Waals surface area contributed by atoms with Gasteiger partial charge in [0, 0.05) is 44.2 Å². The van der Waals surface area contributed by atoms with Crippen LogP contribution in [-0.4, -0.2) is 53.9 Å². The van der Waals surface area contributed by atoms with E-state index in [2.05, 4.69) is 15.0 Å². The van der Waals surface area contributed by atoms with Crippen LogP contribution in [0.5, 0.6) is 0 Å². The van der Waals surface area contributed by atoms with Crippen LogP contribution < -0.4 is 4.90 Å². The SMILES string of the molecule is O=S(=O)(/C=C/CCc1ncc(F)cn1)N1CCN(c2ccc(Cl)cn2)CC1. The molecule has 0 aromatic carbocycles. The van der Waals surface area contributed by atoms with E-state index in [1.54, 1.807) is 18.3 Å². The molecule has 1 saturated heterocycles. The maximum Gasteiger partial charge on any atom is 0.236 e. The molecule has 0 N–H and O–H groups in total. The third kappa shape index (κ3) is 5.44. The first kappa shape index (κ1) is 19.7. The molecule has 0 unspecified atom stereocenters. The number of nitrogens with zero attached hydrogens (tertiary/aromatic N) is 5. The Kier molecular flexibility index (Phi) is 6.35. The molecule has 0 spiro atoms. The van der Waals surface area contributed by atoms with Crippen molar-refractivity contribution in [3.8, 4) is 0 Å². The summed E-state index contributed by atoms with van der Waals surface area (Å²) in [4.78, 5) is 14.0. The summed E-state index contributed by atoms with van der Waals surface area (Å²) in [6.45, 7) is 1.90. The largest absolute Gasteiger partial charge is 0.354 e. The zero-order chi connectivity index (χ0) is 19.3. The standard InChI is InChI=1S/C17H19ClFN5O2S/c18-14-4-5-17(22-11-14)23-6-8-24(9-7-23)27(25,26)10-2-1-3-16-20-12-15(19)13-21-16/h2,4-5,10-13H,1,3,6-9H2/b10-2+. The van der Waals surface area contributed by atoms with Crippen molar-refractivity contribution in [2.24, 2.45) is 0 Å². The lowest BCUT2D eigenvalue weighted by Gasteiger charge is -2.34. The number of sulfonamides is 1. The van der Waals surface area contributed by atoms with E-state index in [-0.39, 0.29) is 0 Å². The molecule has 0 radical (unpaired) electrons. The summed E-state index contributed by atoms with van der Waals surface area (Å²) in [5.74, 6) is 0.763. The van der Waals surface area contributed by atoms with Crippen LogP contribution in [0.1, 0.15) is 12.2 Å². The molecule has 2 aromatic heterocycles. The van der Waals surface area contributed by atoms with Gasteiger partial charge in [-0.15, -0.1) is 0 Å². The molecular formula is C17H19ClFN5O2S. The van der Waals surface area contributed by atoms with Crippen LogP contribution in [-0.2, 0) is 16.4 Å². The Bertz CT molecular complexity index is 883. The molecule has 0 saturated carbocycles. The lowest BCUT2D eigenvalue weighted by atomic mass is 10.3. The average molecular weight is 412 g/mol. The maximum atomic E-state index is 12.8. The molecule has 1 aliphatic rings. The highest BCUT2D eigenvalue weighted by Crippen LogP contribution is 2.17. The van der Waals surface area contributed by atoms with Gasteiger partial charge >= 0.3 is 0 Å². The summed E-state index contributed by atoms with van der Waals surface area (Å²) < 4.78 is 39.1. The lowest BCUT2D eigenvalue weighted by molar-refractivity contribution is 0.388. The average Bonchev–Trinajstić information content (AvgIpc) is 2.67. The van der Waals surface area contributed by atoms with Crippen molar-refractivity contribution < 1.29 is 12.8 Å². The number of rotatable bonds is 6. The number of pyridine rings is 1. The topological polar surface area (TPSA) is 79.3 Å². The Balaban J connectivity index is 1.50. The number of allylic oxidation sites excluding steroid dienone is 1. The summed E-state index contributed by atoms with van der Waals surface area (Å²) in [6.07, 6.45) is 6.25. The fourth-order valence-corrected chi connectivity index (χ4v) is 4.02. The van der Waals surface area contributed by atoms with Crippen LogP contribution in [0, 0.1) is 5.82 Å². The van der Waals surface area contributed by atoms with Crippen molar-refractivity contribution in [2.75, 3.05) is 31.1 Å². The number of hydrogen-bond acceptors (Lipinski definition) is 6. The van der Waals surface area contributed by atoms with Gasteiger partial charge in [0.25, 0.3) is 0 Å². The Labute approximate surface area is 162 Å². The molecule has 0 amide bonds. The minimum atomic E-state index is -3.47. The van der Waals surface area contributed by atoms with Gasteiger partial charge in [-0.3, -0.25) is 0 Å². The van der Waals surface area contributed by atoms with E-state index in [9.17, 15) is 12.8 Å². The smallest absolute Gasteiger partial charge is 0.236 e. The Morgan fingerprint density at radius 1 is 1.07 bits per heavy atom. The molecule has 3 heterocycles. The zero-order valence-electron chi connectivity index (χ0n) is 14.5. The predicted molar refractivity (Wildman–Crippen MR) is 101 cm³/mol. The van der Waals surface area contributed by atoms with Crippen LogP contribution in [0.4, 0.5) is 10.2 Å². The molecule has 144 valence electrons. The van der Waals surface area contributed by atoms with Crippen LogP contribution in [0.3, 0.4) is 0 Å². The number of piperazine rings is 1. The summed E-state index contributed by atoms with van der Waals surface area (Å²) in [5, 5.41) is 1.78. The number of hydrogen-bond donors (Lipinski definition) is 0. The van der Waals surface area contributed by atoms with Crippen LogP contribution in [0.25, 0.3) is 0 Å². The van der Waals surface area contributed by atoms with Crippen molar-refractivity contribution in [1.29, 1.82) is 0 Å². The summed E-state index contributed by atoms with van der Waals surface area (Å²) in [6, 6.07) is 3.59. The van der Waals surface area contributed by atoms with Gasteiger partial charge < -0.3 is 4.90 Å². The minimum Gasteiger partial charge on any atom is -0.354 e. The highest BCUT2D eigenvalue weighted by Gasteiger charge is 2.25. The van der Waals surface area contributed by atoms with Gasteiger partial charge in [-0.05, 0) is 18.6 Å². The monoisotopic (exact) mass is 411 g/mol. The number of aromatic nitrogens is 3. The second-order valence-electron chi connectivity index (χ2n) is 5.99. The molecule has 0 atom stereocenters. The minimum absolute atomic E-state index is 0.387. The van der Waals surface area contributed by atoms with Crippen molar-refractivity contribution in [3.05, 3.63) is 58.9 Å². The van der Waals surface area contributed by atoms with Gasteiger partial charge in [0.1, 0.15) is 11.6 Å². The molecular weight excluding hydrogens is 393 g/mol. The molecule has 27 heavy (non-hydrogen) atoms. The van der Waals surface area contributed by atoms with Gasteiger partial charge in [-0.1, -0.05) is 17.7 Å². The molecule has 10 heteroatoms. The molecule has 0 aliphatic carbocycles. The Hall–Kier alpha value is -2.10. The van der Waals surface area contributed by atoms with Crippen molar-refractivity contribution in [3.63, 3.8) is 0 Å². The van der Waals surface area contributed by atoms with Gasteiger partial charge in [0.05, 0.1) is 17.4 Å². The first-order valence-corrected chi connectivity index (χ1v) is 10.3. The molecule has 1 aliphatic heterocycles. The van der Waals surface area contributed by atoms with Gasteiger partial charge in [0.2, 0.25) is 10.0 Å². The van der Waals surface area contributed by atoms with Gasteiger partial charge in [0.15, 0.2) is 5.82 Å². The molecule has 2 aromatic rings. The van der Waals surface area contributed by atoms with E-state index in [0.29, 0.717) is 49.9 Å². The fraction of sp³-hybridized carbons (Fsp3) is 0.353. The van der Waals surface area contributed by atoms with Crippen LogP contribution in [0.2, 0.25) is 5.02 Å². The summed E-state index contributed by atoms with van der Waals surface area (Å²) in [5.41, 5.74) is 0. The van der Waals surface area contributed by atoms with Gasteiger partial charge in [-0.25, -0.2) is 27.8 Å². The van der Waals surface area contributed by atoms with Crippen molar-refractivity contribution in [1.82, 2.24) is 19.3 Å². The number of halogens is 2. The normalized spacial score (nSPS) is 16.1. The fourth-order valence-electron chi connectivity index (χ4n) is 2.68. The zero-order valence-corrected chi connectivity index (χ0v) is 16.1. The molecule has 7 nitrogen and oxygen atoms in total. The number of aryl methyl sites for hydroxylation is 1.